The van der Waals surface area contributed by atoms with Crippen LogP contribution in [0.2, 0.25) is 0 Å². The predicted molar refractivity (Wildman–Crippen MR) is 127 cm³/mol. The highest BCUT2D eigenvalue weighted by atomic mass is 16.4. The Morgan fingerprint density at radius 1 is 0.842 bits per heavy atom. The molecule has 0 aromatic carbocycles. The summed E-state index contributed by atoms with van der Waals surface area (Å²) in [4.78, 5) is 85.1. The number of nitrogens with two attached hydrogens (primary N) is 1. The number of nitrogens with zero attached hydrogens (tertiary/aromatic N) is 1. The van der Waals surface area contributed by atoms with E-state index in [9.17, 15) is 48.9 Å². The molecule has 1 aliphatic rings. The van der Waals surface area contributed by atoms with Gasteiger partial charge in [0.05, 0.1) is 19.4 Å². The van der Waals surface area contributed by atoms with Crippen LogP contribution in [0.15, 0.2) is 0 Å². The topological polar surface area (TPSA) is 266 Å². The van der Waals surface area contributed by atoms with Crippen molar-refractivity contribution in [3.05, 3.63) is 0 Å². The average Bonchev–Trinajstić information content (AvgIpc) is 3.34. The lowest BCUT2D eigenvalue weighted by Gasteiger charge is -2.29. The molecule has 0 spiro atoms. The number of aliphatic hydroxyl groups is 1. The molecule has 0 aromatic rings. The molecule has 0 unspecified atom stereocenters. The van der Waals surface area contributed by atoms with Crippen molar-refractivity contribution in [1.29, 1.82) is 0 Å². The van der Waals surface area contributed by atoms with Crippen LogP contribution in [0, 0.1) is 0 Å². The van der Waals surface area contributed by atoms with Gasteiger partial charge < -0.3 is 47.0 Å². The Morgan fingerprint density at radius 2 is 1.47 bits per heavy atom. The number of carbonyl (C=O) groups excluding carboxylic acids is 4. The van der Waals surface area contributed by atoms with Gasteiger partial charge >= 0.3 is 17.9 Å². The van der Waals surface area contributed by atoms with Crippen molar-refractivity contribution in [3.63, 3.8) is 0 Å². The largest absolute Gasteiger partial charge is 0.481 e. The molecule has 38 heavy (non-hydrogen) atoms. The Balaban J connectivity index is 3.01. The number of hydrogen-bond acceptors (Lipinski definition) is 9. The molecule has 0 aliphatic carbocycles. The minimum atomic E-state index is -1.72. The van der Waals surface area contributed by atoms with E-state index in [1.165, 1.54) is 0 Å². The van der Waals surface area contributed by atoms with E-state index in [-0.39, 0.29) is 19.4 Å². The van der Waals surface area contributed by atoms with Gasteiger partial charge in [0.25, 0.3) is 0 Å². The smallest absolute Gasteiger partial charge is 0.326 e. The van der Waals surface area contributed by atoms with E-state index in [1.807, 2.05) is 0 Å². The van der Waals surface area contributed by atoms with Crippen molar-refractivity contribution in [2.45, 2.75) is 75.5 Å². The van der Waals surface area contributed by atoms with E-state index in [1.54, 1.807) is 0 Å². The van der Waals surface area contributed by atoms with Crippen molar-refractivity contribution in [3.8, 4) is 0 Å². The first-order valence-corrected chi connectivity index (χ1v) is 12.1. The van der Waals surface area contributed by atoms with Gasteiger partial charge in [0.2, 0.25) is 23.6 Å². The number of carboxylic acid groups (broad SMARTS) is 3. The number of carboxylic acids is 3. The maximum atomic E-state index is 13.1. The molecular formula is C22H35N5O11. The number of amides is 4. The van der Waals surface area contributed by atoms with E-state index in [4.69, 9.17) is 10.8 Å². The van der Waals surface area contributed by atoms with Crippen molar-refractivity contribution in [1.82, 2.24) is 20.9 Å². The summed E-state index contributed by atoms with van der Waals surface area (Å²) in [5, 5.41) is 43.4. The van der Waals surface area contributed by atoms with Crippen molar-refractivity contribution < 1.29 is 54.0 Å². The second-order valence-electron chi connectivity index (χ2n) is 8.73. The fraction of sp³-hybridized carbons (Fsp3) is 0.682. The summed E-state index contributed by atoms with van der Waals surface area (Å²) in [5.41, 5.74) is 5.49. The molecule has 1 saturated heterocycles. The Labute approximate surface area is 217 Å². The fourth-order valence-corrected chi connectivity index (χ4v) is 3.85. The Bertz CT molecular complexity index is 897. The van der Waals surface area contributed by atoms with Crippen LogP contribution in [0.3, 0.4) is 0 Å². The Morgan fingerprint density at radius 3 is 2.03 bits per heavy atom. The molecule has 9 N–H and O–H groups in total. The first-order chi connectivity index (χ1) is 17.9. The summed E-state index contributed by atoms with van der Waals surface area (Å²) in [6, 6.07) is -5.61. The number of carbonyl (C=O) groups is 7. The monoisotopic (exact) mass is 545 g/mol. The highest BCUT2D eigenvalue weighted by Gasteiger charge is 2.38. The molecule has 4 atom stereocenters. The molecule has 16 nitrogen and oxygen atoms in total. The third kappa shape index (κ3) is 10.7. The predicted octanol–water partition coefficient (Wildman–Crippen LogP) is -3.02. The van der Waals surface area contributed by atoms with Crippen LogP contribution in [0.1, 0.15) is 51.4 Å². The second kappa shape index (κ2) is 16.1. The molecule has 0 aromatic heterocycles. The SMILES string of the molecule is NCCCC[C@H](NC(=O)[C@H](CC(=O)O)NC(=O)[C@H](CO)NC(=O)CCC(=O)O)C(=O)N1CCC[C@H]1C(=O)O. The number of aliphatic carboxylic acids is 3. The lowest BCUT2D eigenvalue weighted by molar-refractivity contribution is -0.149. The molecule has 1 rings (SSSR count). The second-order valence-corrected chi connectivity index (χ2v) is 8.73. The van der Waals surface area contributed by atoms with Crippen LogP contribution in [0.25, 0.3) is 0 Å². The maximum Gasteiger partial charge on any atom is 0.326 e. The lowest BCUT2D eigenvalue weighted by Crippen LogP contribution is -2.58. The van der Waals surface area contributed by atoms with E-state index in [0.717, 1.165) is 4.90 Å². The number of rotatable bonds is 17. The van der Waals surface area contributed by atoms with E-state index >= 15 is 0 Å². The minimum absolute atomic E-state index is 0.0806. The highest BCUT2D eigenvalue weighted by Crippen LogP contribution is 2.20. The average molecular weight is 546 g/mol. The summed E-state index contributed by atoms with van der Waals surface area (Å²) >= 11 is 0. The van der Waals surface area contributed by atoms with Crippen LogP contribution < -0.4 is 21.7 Å². The van der Waals surface area contributed by atoms with Crippen LogP contribution in [0.5, 0.6) is 0 Å². The summed E-state index contributed by atoms with van der Waals surface area (Å²) in [6.45, 7) is -0.472. The van der Waals surface area contributed by atoms with Crippen LogP contribution in [-0.2, 0) is 33.6 Å². The first-order valence-electron chi connectivity index (χ1n) is 12.1. The summed E-state index contributed by atoms with van der Waals surface area (Å²) in [7, 11) is 0. The number of likely N-dealkylation sites (tertiary alicyclic amines) is 1. The standard InChI is InChI=1S/C22H35N5O11/c23-8-2-1-4-12(21(36)27-9-3-5-15(27)22(37)38)25-19(34)13(10-18(32)33)26-20(35)14(11-28)24-16(29)6-7-17(30)31/h12-15,28H,1-11,23H2,(H,24,29)(H,25,34)(H,26,35)(H,30,31)(H,32,33)(H,37,38)/t12-,13-,14-,15-/m0/s1. The number of unbranched alkanes of at least 4 members (excludes halogenated alkanes) is 1. The molecule has 1 fully saturated rings. The van der Waals surface area contributed by atoms with Gasteiger partial charge in [-0.15, -0.1) is 0 Å². The fourth-order valence-electron chi connectivity index (χ4n) is 3.85. The minimum Gasteiger partial charge on any atom is -0.481 e. The molecule has 16 heteroatoms. The van der Waals surface area contributed by atoms with Gasteiger partial charge in [0.1, 0.15) is 24.2 Å². The quantitative estimate of drug-likeness (QED) is 0.0849. The van der Waals surface area contributed by atoms with E-state index in [0.29, 0.717) is 25.8 Å². The zero-order valence-corrected chi connectivity index (χ0v) is 20.8. The first kappa shape index (κ1) is 32.2. The summed E-state index contributed by atoms with van der Waals surface area (Å²) < 4.78 is 0. The maximum absolute atomic E-state index is 13.1. The third-order valence-electron chi connectivity index (χ3n) is 5.79. The Hall–Kier alpha value is -3.79. The number of aliphatic hydroxyl groups excluding tert-OH is 1. The van der Waals surface area contributed by atoms with Gasteiger partial charge in [0, 0.05) is 13.0 Å². The molecule has 1 heterocycles. The highest BCUT2D eigenvalue weighted by molar-refractivity contribution is 5.96. The Kier molecular flexibility index (Phi) is 13.7. The molecular weight excluding hydrogens is 510 g/mol. The zero-order valence-electron chi connectivity index (χ0n) is 20.8. The number of nitrogens with one attached hydrogen (secondary N) is 3. The molecule has 0 bridgehead atoms. The van der Waals surface area contributed by atoms with Crippen molar-refractivity contribution in [2.75, 3.05) is 19.7 Å². The van der Waals surface area contributed by atoms with Crippen LogP contribution in [-0.4, -0.2) is 111 Å². The van der Waals surface area contributed by atoms with Crippen molar-refractivity contribution >= 4 is 41.5 Å². The number of hydrogen-bond donors (Lipinski definition) is 8. The van der Waals surface area contributed by atoms with Gasteiger partial charge in [-0.2, -0.15) is 0 Å². The van der Waals surface area contributed by atoms with Gasteiger partial charge in [-0.1, -0.05) is 0 Å². The molecule has 0 radical (unpaired) electrons. The van der Waals surface area contributed by atoms with Gasteiger partial charge in [-0.3, -0.25) is 28.8 Å². The van der Waals surface area contributed by atoms with Crippen molar-refractivity contribution in [2.24, 2.45) is 5.73 Å². The van der Waals surface area contributed by atoms with Gasteiger partial charge in [-0.05, 0) is 38.6 Å². The lowest BCUT2D eigenvalue weighted by atomic mass is 10.1. The van der Waals surface area contributed by atoms with Crippen LogP contribution in [0.4, 0.5) is 0 Å². The molecule has 214 valence electrons. The summed E-state index contributed by atoms with van der Waals surface area (Å²) in [6.07, 6.45) is -0.271. The molecule has 4 amide bonds. The van der Waals surface area contributed by atoms with Gasteiger partial charge in [-0.25, -0.2) is 4.79 Å². The molecule has 0 saturated carbocycles. The van der Waals surface area contributed by atoms with E-state index in [2.05, 4.69) is 16.0 Å². The zero-order chi connectivity index (χ0) is 28.8. The van der Waals surface area contributed by atoms with Gasteiger partial charge in [0.15, 0.2) is 0 Å². The normalized spacial score (nSPS) is 17.1. The molecule has 1 aliphatic heterocycles. The summed E-state index contributed by atoms with van der Waals surface area (Å²) in [5.74, 6) is -7.64. The van der Waals surface area contributed by atoms with E-state index < -0.39 is 91.6 Å². The van der Waals surface area contributed by atoms with Crippen LogP contribution >= 0.6 is 0 Å². The third-order valence-corrected chi connectivity index (χ3v) is 5.79.